The Morgan fingerprint density at radius 3 is 2.65 bits per heavy atom. The van der Waals surface area contributed by atoms with E-state index in [1.54, 1.807) is 35.6 Å². The summed E-state index contributed by atoms with van der Waals surface area (Å²) >= 11 is 5.13. The van der Waals surface area contributed by atoms with Crippen molar-refractivity contribution in [3.63, 3.8) is 0 Å². The molecule has 6 heteroatoms. The van der Waals surface area contributed by atoms with Crippen LogP contribution < -0.4 is 10.2 Å². The van der Waals surface area contributed by atoms with Gasteiger partial charge in [0.25, 0.3) is 5.91 Å². The fourth-order valence-electron chi connectivity index (χ4n) is 2.16. The van der Waals surface area contributed by atoms with Gasteiger partial charge >= 0.3 is 0 Å². The second-order valence-corrected chi connectivity index (χ2v) is 7.59. The Bertz CT molecular complexity index is 718. The van der Waals surface area contributed by atoms with Crippen LogP contribution in [0.5, 0.6) is 0 Å². The van der Waals surface area contributed by atoms with E-state index in [0.29, 0.717) is 17.8 Å². The first-order valence-electron chi connectivity index (χ1n) is 7.09. The lowest BCUT2D eigenvalue weighted by Crippen LogP contribution is -3.11. The number of anilines is 1. The zero-order chi connectivity index (χ0) is 16.7. The largest absolute Gasteiger partial charge is 0.321 e. The predicted octanol–water partition coefficient (Wildman–Crippen LogP) is 2.59. The molecule has 1 amide bonds. The number of carbonyl (C=O) groups is 1. The summed E-state index contributed by atoms with van der Waals surface area (Å²) in [5, 5.41) is 11.6. The molecule has 1 aromatic carbocycles. The summed E-state index contributed by atoms with van der Waals surface area (Å²) in [6, 6.07) is 13.0. The van der Waals surface area contributed by atoms with Crippen LogP contribution in [0.3, 0.4) is 0 Å². The number of thiophene rings is 1. The van der Waals surface area contributed by atoms with E-state index in [-0.39, 0.29) is 5.91 Å². The van der Waals surface area contributed by atoms with Gasteiger partial charge in [-0.15, -0.1) is 11.3 Å². The van der Waals surface area contributed by atoms with Gasteiger partial charge in [0.2, 0.25) is 0 Å². The highest BCUT2D eigenvalue weighted by Gasteiger charge is 2.15. The van der Waals surface area contributed by atoms with Gasteiger partial charge < -0.3 is 10.2 Å². The normalized spacial score (nSPS) is 11.5. The first-order chi connectivity index (χ1) is 11.1. The first kappa shape index (κ1) is 17.4. The van der Waals surface area contributed by atoms with Gasteiger partial charge in [-0.2, -0.15) is 5.26 Å². The fraction of sp³-hybridized carbons (Fsp3) is 0.176. The number of quaternary nitrogens is 1. The van der Waals surface area contributed by atoms with E-state index >= 15 is 0 Å². The number of hydrogen-bond acceptors (Lipinski definition) is 3. The number of nitrogens with one attached hydrogen (secondary N) is 2. The van der Waals surface area contributed by atoms with Gasteiger partial charge in [-0.05, 0) is 58.4 Å². The van der Waals surface area contributed by atoms with Gasteiger partial charge in [0, 0.05) is 5.69 Å². The average molecular weight is 391 g/mol. The number of nitriles is 1. The number of rotatable bonds is 7. The molecule has 0 radical (unpaired) electrons. The molecule has 1 atom stereocenters. The molecule has 0 spiro atoms. The number of benzene rings is 1. The van der Waals surface area contributed by atoms with E-state index in [4.69, 9.17) is 5.26 Å². The highest BCUT2D eigenvalue weighted by atomic mass is 79.9. The van der Waals surface area contributed by atoms with Crippen LogP contribution in [0.25, 0.3) is 0 Å². The molecule has 1 aromatic heterocycles. The van der Waals surface area contributed by atoms with E-state index < -0.39 is 0 Å². The summed E-state index contributed by atoms with van der Waals surface area (Å²) in [6.45, 7) is 5.63. The molecule has 0 fully saturated rings. The van der Waals surface area contributed by atoms with Crippen molar-refractivity contribution in [2.75, 3.05) is 18.4 Å². The van der Waals surface area contributed by atoms with Crippen molar-refractivity contribution < 1.29 is 9.69 Å². The quantitative estimate of drug-likeness (QED) is 0.713. The SMILES string of the molecule is C=CC[NH+](CC(=O)Nc1ccc(C#N)cc1)Cc1ccc(Br)s1. The second kappa shape index (κ2) is 8.63. The molecule has 0 saturated carbocycles. The van der Waals surface area contributed by atoms with Gasteiger partial charge in [0.05, 0.1) is 26.8 Å². The standard InChI is InChI=1S/C17H16BrN3OS/c1-2-9-21(11-15-7-8-16(18)23-15)12-17(22)20-14-5-3-13(10-19)4-6-14/h2-8H,1,9,11-12H2,(H,20,22)/p+1. The van der Waals surface area contributed by atoms with Crippen molar-refractivity contribution in [2.24, 2.45) is 0 Å². The molecule has 1 unspecified atom stereocenters. The molecular weight excluding hydrogens is 374 g/mol. The molecule has 0 aliphatic heterocycles. The van der Waals surface area contributed by atoms with Gasteiger partial charge in [0.1, 0.15) is 6.54 Å². The predicted molar refractivity (Wildman–Crippen MR) is 96.4 cm³/mol. The maximum atomic E-state index is 12.2. The van der Waals surface area contributed by atoms with Crippen LogP contribution >= 0.6 is 27.3 Å². The van der Waals surface area contributed by atoms with E-state index in [1.165, 1.54) is 4.88 Å². The van der Waals surface area contributed by atoms with Crippen molar-refractivity contribution in [1.29, 1.82) is 5.26 Å². The highest BCUT2D eigenvalue weighted by Crippen LogP contribution is 2.21. The molecule has 118 valence electrons. The van der Waals surface area contributed by atoms with Gasteiger partial charge in [-0.3, -0.25) is 4.79 Å². The third-order valence-corrected chi connectivity index (χ3v) is 4.82. The molecule has 23 heavy (non-hydrogen) atoms. The van der Waals surface area contributed by atoms with Gasteiger partial charge in [0.15, 0.2) is 6.54 Å². The van der Waals surface area contributed by atoms with E-state index in [0.717, 1.165) is 21.8 Å². The second-order valence-electron chi connectivity index (χ2n) is 5.04. The Labute approximate surface area is 148 Å². The summed E-state index contributed by atoms with van der Waals surface area (Å²) in [7, 11) is 0. The topological polar surface area (TPSA) is 57.3 Å². The average Bonchev–Trinajstić information content (AvgIpc) is 2.93. The molecule has 0 bridgehead atoms. The number of nitrogens with zero attached hydrogens (tertiary/aromatic N) is 1. The Balaban J connectivity index is 1.94. The number of carbonyl (C=O) groups excluding carboxylic acids is 1. The molecule has 0 aliphatic carbocycles. The zero-order valence-corrected chi connectivity index (χ0v) is 14.9. The monoisotopic (exact) mass is 390 g/mol. The van der Waals surface area contributed by atoms with E-state index in [9.17, 15) is 4.79 Å². The minimum absolute atomic E-state index is 0.0535. The summed E-state index contributed by atoms with van der Waals surface area (Å²) in [6.07, 6.45) is 1.83. The molecule has 1 heterocycles. The fourth-order valence-corrected chi connectivity index (χ4v) is 3.72. The molecule has 0 aliphatic rings. The van der Waals surface area contributed by atoms with Crippen LogP contribution in [-0.2, 0) is 11.3 Å². The van der Waals surface area contributed by atoms with Crippen LogP contribution in [0.1, 0.15) is 10.4 Å². The first-order valence-corrected chi connectivity index (χ1v) is 8.70. The van der Waals surface area contributed by atoms with Crippen molar-refractivity contribution >= 4 is 38.9 Å². The Hall–Kier alpha value is -1.94. The smallest absolute Gasteiger partial charge is 0.279 e. The van der Waals surface area contributed by atoms with Crippen LogP contribution in [-0.4, -0.2) is 19.0 Å². The molecule has 2 aromatic rings. The molecule has 0 saturated heterocycles. The Morgan fingerprint density at radius 1 is 1.35 bits per heavy atom. The molecule has 4 nitrogen and oxygen atoms in total. The third-order valence-electron chi connectivity index (χ3n) is 3.19. The number of hydrogen-bond donors (Lipinski definition) is 2. The van der Waals surface area contributed by atoms with Crippen LogP contribution in [0.15, 0.2) is 52.8 Å². The number of amides is 1. The third kappa shape index (κ3) is 5.64. The van der Waals surface area contributed by atoms with Crippen molar-refractivity contribution in [3.05, 3.63) is 63.3 Å². The summed E-state index contributed by atoms with van der Waals surface area (Å²) in [4.78, 5) is 14.6. The Morgan fingerprint density at radius 2 is 2.09 bits per heavy atom. The van der Waals surface area contributed by atoms with Crippen LogP contribution in [0.2, 0.25) is 0 Å². The maximum absolute atomic E-state index is 12.2. The molecular formula is C17H17BrN3OS+. The lowest BCUT2D eigenvalue weighted by Gasteiger charge is -2.16. The summed E-state index contributed by atoms with van der Waals surface area (Å²) in [5.41, 5.74) is 1.27. The summed E-state index contributed by atoms with van der Waals surface area (Å²) < 4.78 is 1.09. The summed E-state index contributed by atoms with van der Waals surface area (Å²) in [5.74, 6) is -0.0535. The maximum Gasteiger partial charge on any atom is 0.279 e. The van der Waals surface area contributed by atoms with Gasteiger partial charge in [-0.25, -0.2) is 0 Å². The van der Waals surface area contributed by atoms with Crippen molar-refractivity contribution in [3.8, 4) is 6.07 Å². The minimum atomic E-state index is -0.0535. The van der Waals surface area contributed by atoms with E-state index in [2.05, 4.69) is 40.0 Å². The highest BCUT2D eigenvalue weighted by molar-refractivity contribution is 9.11. The zero-order valence-electron chi connectivity index (χ0n) is 12.5. The van der Waals surface area contributed by atoms with Crippen molar-refractivity contribution in [2.45, 2.75) is 6.54 Å². The van der Waals surface area contributed by atoms with Crippen molar-refractivity contribution in [1.82, 2.24) is 0 Å². The number of halogens is 1. The lowest BCUT2D eigenvalue weighted by atomic mass is 10.2. The van der Waals surface area contributed by atoms with Crippen LogP contribution in [0, 0.1) is 11.3 Å². The molecule has 2 N–H and O–H groups in total. The van der Waals surface area contributed by atoms with Gasteiger partial charge in [-0.1, -0.05) is 6.58 Å². The van der Waals surface area contributed by atoms with E-state index in [1.807, 2.05) is 12.1 Å². The minimum Gasteiger partial charge on any atom is -0.321 e. The lowest BCUT2D eigenvalue weighted by molar-refractivity contribution is -0.899. The van der Waals surface area contributed by atoms with Crippen LogP contribution in [0.4, 0.5) is 5.69 Å². The molecule has 2 rings (SSSR count). The Kier molecular flexibility index (Phi) is 6.53.